The first-order valence-corrected chi connectivity index (χ1v) is 3.53. The summed E-state index contributed by atoms with van der Waals surface area (Å²) in [6, 6.07) is -2.60. The monoisotopic (exact) mass is 175 g/mol. The van der Waals surface area contributed by atoms with Gasteiger partial charge in [0.05, 0.1) is 0 Å². The lowest BCUT2D eigenvalue weighted by Gasteiger charge is -2.18. The van der Waals surface area contributed by atoms with Crippen molar-refractivity contribution in [3.8, 4) is 0 Å². The number of urea groups is 1. The van der Waals surface area contributed by atoms with Crippen molar-refractivity contribution in [2.75, 3.05) is 0 Å². The molecule has 0 saturated heterocycles. The van der Waals surface area contributed by atoms with Crippen molar-refractivity contribution in [3.63, 3.8) is 0 Å². The number of primary amides is 1. The van der Waals surface area contributed by atoms with Gasteiger partial charge < -0.3 is 21.9 Å². The lowest BCUT2D eigenvalue weighted by Crippen LogP contribution is -2.53. The van der Waals surface area contributed by atoms with Crippen LogP contribution in [0.5, 0.6) is 0 Å². The number of carboxylic acid groups (broad SMARTS) is 1. The summed E-state index contributed by atoms with van der Waals surface area (Å²) in [7, 11) is 0. The fourth-order valence-corrected chi connectivity index (χ4v) is 0.741. The number of hydrogen-bond acceptors (Lipinski definition) is 3. The van der Waals surface area contributed by atoms with E-state index in [2.05, 4.69) is 0 Å². The van der Waals surface area contributed by atoms with Gasteiger partial charge in [-0.1, -0.05) is 6.92 Å². The number of amides is 2. The summed E-state index contributed by atoms with van der Waals surface area (Å²) in [6.45, 7) is 1.73. The molecule has 0 aliphatic carbocycles. The Bertz CT molecular complexity index is 183. The number of hydrogen-bond donors (Lipinski definition) is 4. The molecule has 0 aliphatic rings. The van der Waals surface area contributed by atoms with E-state index in [0.29, 0.717) is 6.42 Å². The van der Waals surface area contributed by atoms with Gasteiger partial charge in [-0.3, -0.25) is 0 Å². The molecule has 0 aliphatic heterocycles. The fourth-order valence-electron chi connectivity index (χ4n) is 0.741. The summed E-state index contributed by atoms with van der Waals surface area (Å²) >= 11 is 0. The minimum Gasteiger partial charge on any atom is -0.480 e. The lowest BCUT2D eigenvalue weighted by molar-refractivity contribution is -0.139. The van der Waals surface area contributed by atoms with E-state index in [1.54, 1.807) is 6.92 Å². The zero-order valence-electron chi connectivity index (χ0n) is 6.78. The van der Waals surface area contributed by atoms with E-state index in [-0.39, 0.29) is 0 Å². The third kappa shape index (κ3) is 3.20. The molecule has 0 fully saturated rings. The van der Waals surface area contributed by atoms with Crippen molar-refractivity contribution < 1.29 is 14.7 Å². The Hall–Kier alpha value is -1.30. The summed E-state index contributed by atoms with van der Waals surface area (Å²) < 4.78 is 0. The first-order chi connectivity index (χ1) is 5.49. The molecule has 12 heavy (non-hydrogen) atoms. The second kappa shape index (κ2) is 4.55. The van der Waals surface area contributed by atoms with Crippen LogP contribution in [-0.4, -0.2) is 29.2 Å². The molecule has 6 nitrogen and oxygen atoms in total. The molecule has 0 heterocycles. The van der Waals surface area contributed by atoms with E-state index >= 15 is 0 Å². The Balaban J connectivity index is 4.22. The highest BCUT2D eigenvalue weighted by Gasteiger charge is 2.24. The van der Waals surface area contributed by atoms with Gasteiger partial charge in [-0.15, -0.1) is 0 Å². The van der Waals surface area contributed by atoms with Gasteiger partial charge in [0.15, 0.2) is 0 Å². The van der Waals surface area contributed by atoms with Crippen molar-refractivity contribution in [1.82, 2.24) is 5.32 Å². The molecule has 0 radical (unpaired) electrons. The number of carbonyl (C=O) groups excluding carboxylic acids is 1. The van der Waals surface area contributed by atoms with E-state index in [9.17, 15) is 9.59 Å². The molecule has 0 bridgehead atoms. The molecule has 0 aromatic carbocycles. The van der Waals surface area contributed by atoms with Crippen LogP contribution in [0.15, 0.2) is 0 Å². The SMILES string of the molecule is CC[C@H](N)[C@@H](NC(N)=O)C(=O)O. The predicted molar refractivity (Wildman–Crippen MR) is 42.4 cm³/mol. The molecule has 0 aromatic heterocycles. The molecule has 0 spiro atoms. The van der Waals surface area contributed by atoms with Gasteiger partial charge in [-0.05, 0) is 6.42 Å². The van der Waals surface area contributed by atoms with E-state index in [1.165, 1.54) is 0 Å². The summed E-state index contributed by atoms with van der Waals surface area (Å²) in [5.41, 5.74) is 10.2. The summed E-state index contributed by atoms with van der Waals surface area (Å²) in [4.78, 5) is 20.8. The molecule has 0 aromatic rings. The van der Waals surface area contributed by atoms with Crippen LogP contribution in [0.25, 0.3) is 0 Å². The molecular weight excluding hydrogens is 162 g/mol. The van der Waals surface area contributed by atoms with Crippen LogP contribution in [-0.2, 0) is 4.79 Å². The lowest BCUT2D eigenvalue weighted by atomic mass is 10.1. The van der Waals surface area contributed by atoms with Gasteiger partial charge >= 0.3 is 12.0 Å². The Morgan fingerprint density at radius 2 is 2.08 bits per heavy atom. The van der Waals surface area contributed by atoms with Crippen LogP contribution in [0, 0.1) is 0 Å². The molecule has 2 amide bonds. The molecule has 0 unspecified atom stereocenters. The molecule has 70 valence electrons. The van der Waals surface area contributed by atoms with Crippen molar-refractivity contribution >= 4 is 12.0 Å². The summed E-state index contributed by atoms with van der Waals surface area (Å²) in [6.07, 6.45) is 0.456. The van der Waals surface area contributed by atoms with Gasteiger partial charge in [0.1, 0.15) is 6.04 Å². The van der Waals surface area contributed by atoms with E-state index < -0.39 is 24.1 Å². The van der Waals surface area contributed by atoms with Crippen molar-refractivity contribution in [2.45, 2.75) is 25.4 Å². The third-order valence-corrected chi connectivity index (χ3v) is 1.46. The predicted octanol–water partition coefficient (Wildman–Crippen LogP) is -1.15. The second-order valence-corrected chi connectivity index (χ2v) is 2.40. The van der Waals surface area contributed by atoms with Gasteiger partial charge in [-0.2, -0.15) is 0 Å². The summed E-state index contributed by atoms with van der Waals surface area (Å²) in [5.74, 6) is -1.18. The highest BCUT2D eigenvalue weighted by atomic mass is 16.4. The zero-order chi connectivity index (χ0) is 9.72. The van der Waals surface area contributed by atoms with Crippen molar-refractivity contribution in [3.05, 3.63) is 0 Å². The fraction of sp³-hybridized carbons (Fsp3) is 0.667. The van der Waals surface area contributed by atoms with Gasteiger partial charge in [0.25, 0.3) is 0 Å². The number of aliphatic carboxylic acids is 1. The minimum absolute atomic E-state index is 0.456. The largest absolute Gasteiger partial charge is 0.480 e. The quantitative estimate of drug-likeness (QED) is 0.431. The number of nitrogens with one attached hydrogen (secondary N) is 1. The second-order valence-electron chi connectivity index (χ2n) is 2.40. The number of nitrogens with two attached hydrogens (primary N) is 2. The van der Waals surface area contributed by atoms with E-state index in [4.69, 9.17) is 16.6 Å². The average Bonchev–Trinajstić information content (AvgIpc) is 1.98. The van der Waals surface area contributed by atoms with Gasteiger partial charge in [-0.25, -0.2) is 9.59 Å². The topological polar surface area (TPSA) is 118 Å². The first-order valence-electron chi connectivity index (χ1n) is 3.53. The zero-order valence-corrected chi connectivity index (χ0v) is 6.78. The highest BCUT2D eigenvalue weighted by molar-refractivity contribution is 5.82. The maximum atomic E-state index is 10.5. The standard InChI is InChI=1S/C6H13N3O3/c1-2-3(7)4(5(10)11)9-6(8)12/h3-4H,2,7H2,1H3,(H,10,11)(H3,8,9,12)/t3-,4+/m0/s1. The average molecular weight is 175 g/mol. The molecule has 2 atom stereocenters. The Labute approximate surface area is 69.9 Å². The number of carboxylic acids is 1. The van der Waals surface area contributed by atoms with Crippen molar-refractivity contribution in [2.24, 2.45) is 11.5 Å². The first kappa shape index (κ1) is 10.7. The number of rotatable bonds is 4. The van der Waals surface area contributed by atoms with Crippen LogP contribution in [0.1, 0.15) is 13.3 Å². The Morgan fingerprint density at radius 3 is 2.33 bits per heavy atom. The minimum atomic E-state index is -1.18. The Morgan fingerprint density at radius 1 is 1.58 bits per heavy atom. The van der Waals surface area contributed by atoms with Crippen LogP contribution in [0.2, 0.25) is 0 Å². The Kier molecular flexibility index (Phi) is 4.06. The van der Waals surface area contributed by atoms with Crippen LogP contribution in [0.3, 0.4) is 0 Å². The normalized spacial score (nSPS) is 14.8. The molecule has 6 N–H and O–H groups in total. The van der Waals surface area contributed by atoms with E-state index in [0.717, 1.165) is 0 Å². The summed E-state index contributed by atoms with van der Waals surface area (Å²) in [5, 5.41) is 10.6. The molecule has 6 heteroatoms. The van der Waals surface area contributed by atoms with Crippen LogP contribution < -0.4 is 16.8 Å². The van der Waals surface area contributed by atoms with E-state index in [1.807, 2.05) is 5.32 Å². The number of carbonyl (C=O) groups is 2. The maximum absolute atomic E-state index is 10.5. The highest BCUT2D eigenvalue weighted by Crippen LogP contribution is 1.95. The third-order valence-electron chi connectivity index (χ3n) is 1.46. The van der Waals surface area contributed by atoms with Crippen molar-refractivity contribution in [1.29, 1.82) is 0 Å². The van der Waals surface area contributed by atoms with Crippen LogP contribution >= 0.6 is 0 Å². The maximum Gasteiger partial charge on any atom is 0.327 e. The van der Waals surface area contributed by atoms with Gasteiger partial charge in [0, 0.05) is 6.04 Å². The smallest absolute Gasteiger partial charge is 0.327 e. The van der Waals surface area contributed by atoms with Crippen LogP contribution in [0.4, 0.5) is 4.79 Å². The molecule has 0 rings (SSSR count). The van der Waals surface area contributed by atoms with Gasteiger partial charge in [0.2, 0.25) is 0 Å². The molecule has 0 saturated carbocycles. The molecular formula is C6H13N3O3.